The summed E-state index contributed by atoms with van der Waals surface area (Å²) in [5.41, 5.74) is 3.55. The third kappa shape index (κ3) is 5.30. The number of likely N-dealkylation sites (tertiary alicyclic amines) is 1. The van der Waals surface area contributed by atoms with E-state index in [1.54, 1.807) is 24.5 Å². The van der Waals surface area contributed by atoms with Gasteiger partial charge < -0.3 is 10.2 Å². The van der Waals surface area contributed by atoms with E-state index in [0.717, 1.165) is 11.1 Å². The second kappa shape index (κ2) is 9.99. The van der Waals surface area contributed by atoms with Gasteiger partial charge in [0.25, 0.3) is 5.91 Å². The van der Waals surface area contributed by atoms with Crippen LogP contribution in [0.4, 0.5) is 0 Å². The summed E-state index contributed by atoms with van der Waals surface area (Å²) in [5.74, 6) is 0.0614. The largest absolute Gasteiger partial charge is 0.353 e. The van der Waals surface area contributed by atoms with Crippen molar-refractivity contribution in [2.75, 3.05) is 13.1 Å². The number of carbonyl (C=O) groups is 2. The highest BCUT2D eigenvalue weighted by Gasteiger charge is 2.42. The van der Waals surface area contributed by atoms with Gasteiger partial charge >= 0.3 is 0 Å². The van der Waals surface area contributed by atoms with E-state index in [-0.39, 0.29) is 17.9 Å². The predicted molar refractivity (Wildman–Crippen MR) is 131 cm³/mol. The van der Waals surface area contributed by atoms with Gasteiger partial charge in [0.05, 0.1) is 11.0 Å². The summed E-state index contributed by atoms with van der Waals surface area (Å²) in [6, 6.07) is 22.4. The molecular formula is C28H31N3O2. The summed E-state index contributed by atoms with van der Waals surface area (Å²) in [4.78, 5) is 32.1. The predicted octanol–water partition coefficient (Wildman–Crippen LogP) is 4.74. The zero-order chi connectivity index (χ0) is 23.3. The highest BCUT2D eigenvalue weighted by atomic mass is 16.2. The van der Waals surface area contributed by atoms with Gasteiger partial charge in [-0.2, -0.15) is 0 Å². The quantitative estimate of drug-likeness (QED) is 0.601. The normalized spacial score (nSPS) is 15.3. The van der Waals surface area contributed by atoms with Crippen LogP contribution in [0.25, 0.3) is 11.1 Å². The van der Waals surface area contributed by atoms with Crippen molar-refractivity contribution in [1.29, 1.82) is 0 Å². The summed E-state index contributed by atoms with van der Waals surface area (Å²) in [6.07, 6.45) is 5.20. The molecule has 0 spiro atoms. The maximum absolute atomic E-state index is 13.3. The first kappa shape index (κ1) is 22.7. The summed E-state index contributed by atoms with van der Waals surface area (Å²) in [6.45, 7) is 5.09. The van der Waals surface area contributed by atoms with Gasteiger partial charge in [-0.25, -0.2) is 0 Å². The Morgan fingerprint density at radius 3 is 2.21 bits per heavy atom. The van der Waals surface area contributed by atoms with E-state index in [1.807, 2.05) is 36.9 Å². The minimum absolute atomic E-state index is 0.0202. The molecule has 1 aliphatic heterocycles. The highest BCUT2D eigenvalue weighted by molar-refractivity contribution is 5.94. The topological polar surface area (TPSA) is 62.3 Å². The third-order valence-electron chi connectivity index (χ3n) is 6.42. The molecule has 0 bridgehead atoms. The van der Waals surface area contributed by atoms with Crippen LogP contribution in [0.5, 0.6) is 0 Å². The lowest BCUT2D eigenvalue weighted by Gasteiger charge is -2.41. The van der Waals surface area contributed by atoms with Crippen LogP contribution in [0.1, 0.15) is 42.6 Å². The van der Waals surface area contributed by atoms with E-state index in [1.165, 1.54) is 5.56 Å². The van der Waals surface area contributed by atoms with E-state index >= 15 is 0 Å². The van der Waals surface area contributed by atoms with Crippen molar-refractivity contribution in [3.63, 3.8) is 0 Å². The number of hydrogen-bond donors (Lipinski definition) is 1. The second-order valence-electron chi connectivity index (χ2n) is 9.18. The van der Waals surface area contributed by atoms with E-state index in [0.29, 0.717) is 37.9 Å². The van der Waals surface area contributed by atoms with E-state index in [9.17, 15) is 9.59 Å². The van der Waals surface area contributed by atoms with E-state index in [2.05, 4.69) is 46.7 Å². The Bertz CT molecular complexity index is 1070. The SMILES string of the molecule is CC(C)NC(=O)C1(Cc2ccc(-c3ccccc3)cc2)CCN(C(=O)c2cccnc2)CC1. The van der Waals surface area contributed by atoms with E-state index in [4.69, 9.17) is 0 Å². The molecule has 3 aromatic rings. The molecule has 4 rings (SSSR count). The van der Waals surface area contributed by atoms with Crippen molar-refractivity contribution in [3.8, 4) is 11.1 Å². The molecule has 170 valence electrons. The molecule has 0 aliphatic carbocycles. The fourth-order valence-corrected chi connectivity index (χ4v) is 4.55. The fourth-order valence-electron chi connectivity index (χ4n) is 4.55. The minimum Gasteiger partial charge on any atom is -0.353 e. The summed E-state index contributed by atoms with van der Waals surface area (Å²) < 4.78 is 0. The first-order chi connectivity index (χ1) is 16.0. The number of piperidine rings is 1. The number of nitrogens with zero attached hydrogens (tertiary/aromatic N) is 2. The third-order valence-corrected chi connectivity index (χ3v) is 6.42. The van der Waals surface area contributed by atoms with Crippen LogP contribution in [0.15, 0.2) is 79.1 Å². The minimum atomic E-state index is -0.524. The van der Waals surface area contributed by atoms with Crippen LogP contribution in [0, 0.1) is 5.41 Å². The Morgan fingerprint density at radius 2 is 1.61 bits per heavy atom. The van der Waals surface area contributed by atoms with Gasteiger partial charge in [-0.15, -0.1) is 0 Å². The number of amides is 2. The lowest BCUT2D eigenvalue weighted by atomic mass is 9.72. The number of pyridine rings is 1. The van der Waals surface area contributed by atoms with Crippen LogP contribution in [-0.4, -0.2) is 40.8 Å². The van der Waals surface area contributed by atoms with Crippen LogP contribution in [0.3, 0.4) is 0 Å². The Kier molecular flexibility index (Phi) is 6.87. The molecule has 0 saturated carbocycles. The van der Waals surface area contributed by atoms with Crippen molar-refractivity contribution >= 4 is 11.8 Å². The van der Waals surface area contributed by atoms with Gasteiger partial charge in [0.2, 0.25) is 5.91 Å². The number of rotatable bonds is 6. The van der Waals surface area contributed by atoms with Crippen molar-refractivity contribution in [2.24, 2.45) is 5.41 Å². The molecule has 1 aromatic heterocycles. The summed E-state index contributed by atoms with van der Waals surface area (Å²) in [7, 11) is 0. The monoisotopic (exact) mass is 441 g/mol. The second-order valence-corrected chi connectivity index (χ2v) is 9.18. The zero-order valence-electron chi connectivity index (χ0n) is 19.3. The molecule has 1 aliphatic rings. The maximum atomic E-state index is 13.3. The standard InChI is InChI=1S/C28H31N3O2/c1-21(2)30-27(33)28(14-17-31(18-15-28)26(32)25-9-6-16-29-20-25)19-22-10-12-24(13-11-22)23-7-4-3-5-8-23/h3-13,16,20-21H,14-15,17-19H2,1-2H3,(H,30,33). The molecule has 1 fully saturated rings. The van der Waals surface area contributed by atoms with Crippen molar-refractivity contribution in [3.05, 3.63) is 90.3 Å². The molecule has 0 radical (unpaired) electrons. The highest BCUT2D eigenvalue weighted by Crippen LogP contribution is 2.36. The Balaban J connectivity index is 1.51. The van der Waals surface area contributed by atoms with Crippen LogP contribution in [0.2, 0.25) is 0 Å². The van der Waals surface area contributed by atoms with Crippen LogP contribution < -0.4 is 5.32 Å². The molecule has 5 heteroatoms. The molecule has 5 nitrogen and oxygen atoms in total. The van der Waals surface area contributed by atoms with Crippen LogP contribution >= 0.6 is 0 Å². The molecule has 0 atom stereocenters. The Hall–Kier alpha value is -3.47. The average Bonchev–Trinajstić information content (AvgIpc) is 2.85. The summed E-state index contributed by atoms with van der Waals surface area (Å²) in [5, 5.41) is 3.13. The number of benzene rings is 2. The first-order valence-electron chi connectivity index (χ1n) is 11.6. The number of nitrogens with one attached hydrogen (secondary N) is 1. The fraction of sp³-hybridized carbons (Fsp3) is 0.321. The molecule has 2 amide bonds. The maximum Gasteiger partial charge on any atom is 0.255 e. The van der Waals surface area contributed by atoms with Gasteiger partial charge in [-0.05, 0) is 61.9 Å². The van der Waals surface area contributed by atoms with Gasteiger partial charge in [0, 0.05) is 31.5 Å². The molecular weight excluding hydrogens is 410 g/mol. The zero-order valence-corrected chi connectivity index (χ0v) is 19.3. The molecule has 33 heavy (non-hydrogen) atoms. The van der Waals surface area contributed by atoms with Crippen molar-refractivity contribution < 1.29 is 9.59 Å². The number of hydrogen-bond acceptors (Lipinski definition) is 3. The molecule has 2 aromatic carbocycles. The van der Waals surface area contributed by atoms with Crippen molar-refractivity contribution in [2.45, 2.75) is 39.2 Å². The molecule has 1 N–H and O–H groups in total. The average molecular weight is 442 g/mol. The lowest BCUT2D eigenvalue weighted by Crippen LogP contribution is -2.52. The Morgan fingerprint density at radius 1 is 0.939 bits per heavy atom. The van der Waals surface area contributed by atoms with Crippen molar-refractivity contribution in [1.82, 2.24) is 15.2 Å². The molecule has 0 unspecified atom stereocenters. The van der Waals surface area contributed by atoms with Gasteiger partial charge in [-0.1, -0.05) is 54.6 Å². The molecule has 2 heterocycles. The lowest BCUT2D eigenvalue weighted by molar-refractivity contribution is -0.134. The summed E-state index contributed by atoms with van der Waals surface area (Å²) >= 11 is 0. The van der Waals surface area contributed by atoms with E-state index < -0.39 is 5.41 Å². The van der Waals surface area contributed by atoms with Crippen LogP contribution in [-0.2, 0) is 11.2 Å². The van der Waals surface area contributed by atoms with Gasteiger partial charge in [0.15, 0.2) is 0 Å². The Labute approximate surface area is 195 Å². The van der Waals surface area contributed by atoms with Gasteiger partial charge in [0.1, 0.15) is 0 Å². The van der Waals surface area contributed by atoms with Gasteiger partial charge in [-0.3, -0.25) is 14.6 Å². The number of carbonyl (C=O) groups excluding carboxylic acids is 2. The molecule has 1 saturated heterocycles. The smallest absolute Gasteiger partial charge is 0.255 e. The first-order valence-corrected chi connectivity index (χ1v) is 11.6. The number of aromatic nitrogens is 1.